The van der Waals surface area contributed by atoms with E-state index in [0.717, 1.165) is 17.0 Å². The smallest absolute Gasteiger partial charge is 0.380 e. The zero-order valence-electron chi connectivity index (χ0n) is 21.0. The van der Waals surface area contributed by atoms with Crippen molar-refractivity contribution in [1.29, 1.82) is 0 Å². The molecule has 6 nitrogen and oxygen atoms in total. The molecule has 0 aliphatic carbocycles. The summed E-state index contributed by atoms with van der Waals surface area (Å²) in [5.74, 6) is -3.57. The predicted molar refractivity (Wildman–Crippen MR) is 123 cm³/mol. The molecular weight excluding hydrogens is 616 g/mol. The molecule has 0 aromatic heterocycles. The van der Waals surface area contributed by atoms with E-state index in [2.05, 4.69) is 4.18 Å². The number of hydrogen-bond acceptors (Lipinski definition) is 5. The summed E-state index contributed by atoms with van der Waals surface area (Å²) in [6, 6.07) is 4.24. The standard InChI is InChI=1S/C25H19F10NO5S/c1-12(14-6-15(23(27,28)29)8-16(7-14)24(30,31)32)40-20-11-36-19(22(20)13-2-4-17(26)5-3-13)9-18(10-21(36)37)41-42(38,39)25(33,34)35/h2-8,10,12,19-20,22H,9,11H2,1H3/t12-,19?,20?,22?/m1/s1. The number of carbonyl (C=O) groups is 1. The molecule has 0 spiro atoms. The number of benzene rings is 2. The Hall–Kier alpha value is -3.34. The fraction of sp³-hybridized carbons (Fsp3) is 0.400. The van der Waals surface area contributed by atoms with E-state index in [1.807, 2.05) is 0 Å². The van der Waals surface area contributed by atoms with Crippen molar-refractivity contribution in [3.05, 3.63) is 82.4 Å². The predicted octanol–water partition coefficient (Wildman–Crippen LogP) is 6.46. The molecule has 2 aromatic rings. The molecule has 1 saturated heterocycles. The first-order chi connectivity index (χ1) is 19.2. The van der Waals surface area contributed by atoms with Crippen LogP contribution in [0.1, 0.15) is 47.6 Å². The third kappa shape index (κ3) is 6.50. The molecule has 2 aliphatic heterocycles. The number of carbonyl (C=O) groups excluding carboxylic acids is 1. The largest absolute Gasteiger partial charge is 0.534 e. The van der Waals surface area contributed by atoms with Crippen LogP contribution in [0.5, 0.6) is 0 Å². The summed E-state index contributed by atoms with van der Waals surface area (Å²) in [6.07, 6.45) is -13.0. The Kier molecular flexibility index (Phi) is 8.08. The fourth-order valence-electron chi connectivity index (χ4n) is 4.91. The Bertz CT molecular complexity index is 1450. The molecule has 0 N–H and O–H groups in total. The molecule has 2 aromatic carbocycles. The third-order valence-corrected chi connectivity index (χ3v) is 7.78. The maximum absolute atomic E-state index is 13.6. The minimum atomic E-state index is -6.14. The highest BCUT2D eigenvalue weighted by atomic mass is 32.2. The van der Waals surface area contributed by atoms with Gasteiger partial charge in [0.25, 0.3) is 0 Å². The first-order valence-electron chi connectivity index (χ1n) is 11.9. The van der Waals surface area contributed by atoms with Crippen LogP contribution in [0.15, 0.2) is 54.3 Å². The number of amides is 1. The molecule has 4 rings (SSSR count). The molecule has 17 heteroatoms. The Labute approximate surface area is 231 Å². The van der Waals surface area contributed by atoms with Crippen LogP contribution in [-0.4, -0.2) is 43.4 Å². The van der Waals surface area contributed by atoms with E-state index in [9.17, 15) is 57.1 Å². The van der Waals surface area contributed by atoms with E-state index < -0.39 is 92.7 Å². The van der Waals surface area contributed by atoms with Gasteiger partial charge in [0.2, 0.25) is 5.91 Å². The average molecular weight is 635 g/mol. The van der Waals surface area contributed by atoms with Crippen molar-refractivity contribution in [1.82, 2.24) is 4.90 Å². The molecule has 4 atom stereocenters. The summed E-state index contributed by atoms with van der Waals surface area (Å²) in [5, 5.41) is 0. The van der Waals surface area contributed by atoms with E-state index in [-0.39, 0.29) is 18.2 Å². The molecule has 42 heavy (non-hydrogen) atoms. The van der Waals surface area contributed by atoms with Gasteiger partial charge in [-0.2, -0.15) is 47.9 Å². The highest BCUT2D eigenvalue weighted by Gasteiger charge is 2.52. The van der Waals surface area contributed by atoms with Crippen molar-refractivity contribution in [3.8, 4) is 0 Å². The summed E-state index contributed by atoms with van der Waals surface area (Å²) in [6.45, 7) is 0.829. The normalized spacial score (nSPS) is 22.5. The van der Waals surface area contributed by atoms with Gasteiger partial charge < -0.3 is 13.8 Å². The van der Waals surface area contributed by atoms with Gasteiger partial charge in [-0.25, -0.2) is 4.39 Å². The lowest BCUT2D eigenvalue weighted by atomic mass is 9.86. The molecule has 2 heterocycles. The van der Waals surface area contributed by atoms with Gasteiger partial charge in [-0.05, 0) is 48.4 Å². The van der Waals surface area contributed by atoms with E-state index in [0.29, 0.717) is 18.2 Å². The number of rotatable bonds is 6. The summed E-state index contributed by atoms with van der Waals surface area (Å²) in [4.78, 5) is 13.9. The zero-order valence-corrected chi connectivity index (χ0v) is 21.8. The molecular formula is C25H19F10NO5S. The summed E-state index contributed by atoms with van der Waals surface area (Å²) < 4.78 is 166. The Morgan fingerprint density at radius 3 is 1.95 bits per heavy atom. The van der Waals surface area contributed by atoms with Gasteiger partial charge in [0.05, 0.1) is 23.3 Å². The van der Waals surface area contributed by atoms with Gasteiger partial charge in [-0.1, -0.05) is 12.1 Å². The molecule has 0 radical (unpaired) electrons. The maximum Gasteiger partial charge on any atom is 0.534 e. The zero-order chi connectivity index (χ0) is 31.4. The van der Waals surface area contributed by atoms with Gasteiger partial charge in [0.15, 0.2) is 0 Å². The Morgan fingerprint density at radius 2 is 1.45 bits per heavy atom. The van der Waals surface area contributed by atoms with Crippen molar-refractivity contribution in [3.63, 3.8) is 0 Å². The molecule has 3 unspecified atom stereocenters. The van der Waals surface area contributed by atoms with Crippen LogP contribution < -0.4 is 0 Å². The van der Waals surface area contributed by atoms with Crippen LogP contribution in [0.2, 0.25) is 0 Å². The topological polar surface area (TPSA) is 72.9 Å². The fourth-order valence-corrected chi connectivity index (χ4v) is 5.40. The molecule has 230 valence electrons. The van der Waals surface area contributed by atoms with Gasteiger partial charge in [0.1, 0.15) is 11.6 Å². The van der Waals surface area contributed by atoms with Crippen LogP contribution in [0.4, 0.5) is 43.9 Å². The van der Waals surface area contributed by atoms with E-state index in [4.69, 9.17) is 4.74 Å². The average Bonchev–Trinajstić information content (AvgIpc) is 3.20. The van der Waals surface area contributed by atoms with E-state index in [1.165, 1.54) is 19.1 Å². The molecule has 1 amide bonds. The summed E-state index contributed by atoms with van der Waals surface area (Å²) in [5.41, 5.74) is -9.25. The second kappa shape index (κ2) is 10.7. The van der Waals surface area contributed by atoms with Crippen molar-refractivity contribution >= 4 is 16.0 Å². The molecule has 2 aliphatic rings. The third-order valence-electron chi connectivity index (χ3n) is 6.78. The lowest BCUT2D eigenvalue weighted by molar-refractivity contribution is -0.143. The minimum absolute atomic E-state index is 0.0613. The molecule has 0 bridgehead atoms. The lowest BCUT2D eigenvalue weighted by Crippen LogP contribution is -2.41. The van der Waals surface area contributed by atoms with Gasteiger partial charge in [0, 0.05) is 31.0 Å². The number of fused-ring (bicyclic) bond motifs is 1. The first kappa shape index (κ1) is 31.6. The van der Waals surface area contributed by atoms with Crippen molar-refractivity contribution in [2.24, 2.45) is 0 Å². The lowest BCUT2D eigenvalue weighted by Gasteiger charge is -2.32. The van der Waals surface area contributed by atoms with Gasteiger partial charge >= 0.3 is 28.0 Å². The number of nitrogens with zero attached hydrogens (tertiary/aromatic N) is 1. The SMILES string of the molecule is C[C@@H](OC1CN2C(=O)C=C(OS(=O)(=O)C(F)(F)F)CC2C1c1ccc(F)cc1)c1cc(C(F)(F)F)cc(C(F)(F)F)c1. The summed E-state index contributed by atoms with van der Waals surface area (Å²) in [7, 11) is -6.14. The van der Waals surface area contributed by atoms with Crippen molar-refractivity contribution in [2.75, 3.05) is 6.54 Å². The van der Waals surface area contributed by atoms with Crippen molar-refractivity contribution < 1.29 is 66.0 Å². The van der Waals surface area contributed by atoms with Crippen molar-refractivity contribution in [2.45, 2.75) is 55.4 Å². The summed E-state index contributed by atoms with van der Waals surface area (Å²) >= 11 is 0. The number of ether oxygens (including phenoxy) is 1. The van der Waals surface area contributed by atoms with Gasteiger partial charge in [-0.3, -0.25) is 4.79 Å². The van der Waals surface area contributed by atoms with Crippen LogP contribution in [-0.2, 0) is 36.2 Å². The Balaban J connectivity index is 1.69. The van der Waals surface area contributed by atoms with Crippen LogP contribution >= 0.6 is 0 Å². The highest BCUT2D eigenvalue weighted by Crippen LogP contribution is 2.44. The quantitative estimate of drug-likeness (QED) is 0.207. The number of hydrogen-bond donors (Lipinski definition) is 0. The van der Waals surface area contributed by atoms with Crippen LogP contribution in [0.25, 0.3) is 0 Å². The van der Waals surface area contributed by atoms with Crippen LogP contribution in [0, 0.1) is 5.82 Å². The molecule has 0 saturated carbocycles. The Morgan fingerprint density at radius 1 is 0.905 bits per heavy atom. The van der Waals surface area contributed by atoms with E-state index >= 15 is 0 Å². The first-order valence-corrected chi connectivity index (χ1v) is 13.3. The number of halogens is 10. The van der Waals surface area contributed by atoms with Crippen LogP contribution in [0.3, 0.4) is 0 Å². The van der Waals surface area contributed by atoms with Gasteiger partial charge in [-0.15, -0.1) is 0 Å². The second-order valence-corrected chi connectivity index (χ2v) is 11.1. The highest BCUT2D eigenvalue weighted by molar-refractivity contribution is 7.87. The number of alkyl halides is 9. The molecule has 1 fully saturated rings. The van der Waals surface area contributed by atoms with E-state index in [1.54, 1.807) is 0 Å². The monoisotopic (exact) mass is 635 g/mol. The maximum atomic E-state index is 13.6. The second-order valence-electron chi connectivity index (χ2n) is 9.59. The minimum Gasteiger partial charge on any atom is -0.380 e.